The Balaban J connectivity index is 3.29. The first kappa shape index (κ1) is 8.13. The van der Waals surface area contributed by atoms with Crippen molar-refractivity contribution in [2.24, 2.45) is 0 Å². The maximum atomic E-state index is 12.3. The second-order valence-electron chi connectivity index (χ2n) is 1.88. The van der Waals surface area contributed by atoms with Crippen LogP contribution in [0, 0.1) is 11.6 Å². The Morgan fingerprint density at radius 2 is 1.45 bits per heavy atom. The summed E-state index contributed by atoms with van der Waals surface area (Å²) in [5, 5.41) is 0. The van der Waals surface area contributed by atoms with Crippen LogP contribution in [0.5, 0.6) is 0 Å². The first-order valence-corrected chi connectivity index (χ1v) is 3.88. The van der Waals surface area contributed by atoms with Crippen LogP contribution in [-0.4, -0.2) is 8.42 Å². The van der Waals surface area contributed by atoms with Gasteiger partial charge in [0.15, 0.2) is 10.7 Å². The van der Waals surface area contributed by atoms with Crippen molar-refractivity contribution in [1.82, 2.24) is 0 Å². The van der Waals surface area contributed by atoms with Crippen molar-refractivity contribution in [3.05, 3.63) is 29.8 Å². The van der Waals surface area contributed by atoms with Crippen molar-refractivity contribution in [3.63, 3.8) is 0 Å². The quantitative estimate of drug-likeness (QED) is 0.649. The fraction of sp³-hybridized carbons (Fsp3) is 0. The van der Waals surface area contributed by atoms with E-state index in [0.29, 0.717) is 6.07 Å². The van der Waals surface area contributed by atoms with Gasteiger partial charge in [-0.15, -0.1) is 0 Å². The van der Waals surface area contributed by atoms with Gasteiger partial charge in [-0.05, 0) is 12.1 Å². The Bertz CT molecular complexity index is 318. The second kappa shape index (κ2) is 2.96. The summed E-state index contributed by atoms with van der Waals surface area (Å²) < 4.78 is 45.0. The molecule has 1 aromatic rings. The van der Waals surface area contributed by atoms with Gasteiger partial charge in [0.1, 0.15) is 11.6 Å². The van der Waals surface area contributed by atoms with Gasteiger partial charge in [0, 0.05) is 6.07 Å². The highest BCUT2D eigenvalue weighted by atomic mass is 32.2. The lowest BCUT2D eigenvalue weighted by Gasteiger charge is -1.91. The van der Waals surface area contributed by atoms with E-state index in [1.807, 2.05) is 0 Å². The van der Waals surface area contributed by atoms with Crippen LogP contribution in [0.1, 0.15) is 0 Å². The van der Waals surface area contributed by atoms with E-state index in [1.54, 1.807) is 0 Å². The van der Waals surface area contributed by atoms with Gasteiger partial charge in [-0.2, -0.15) is 0 Å². The number of hydrogen-bond acceptors (Lipinski definition) is 2. The highest BCUT2D eigenvalue weighted by molar-refractivity contribution is 7.72. The zero-order valence-corrected chi connectivity index (χ0v) is 6.15. The molecule has 0 radical (unpaired) electrons. The third-order valence-corrected chi connectivity index (χ3v) is 1.74. The first-order valence-electron chi connectivity index (χ1n) is 2.70. The van der Waals surface area contributed by atoms with Crippen molar-refractivity contribution < 1.29 is 17.2 Å². The molecule has 0 heterocycles. The van der Waals surface area contributed by atoms with Crippen molar-refractivity contribution in [3.8, 4) is 0 Å². The molecule has 0 aliphatic rings. The molecule has 5 heteroatoms. The van der Waals surface area contributed by atoms with Crippen LogP contribution in [0.2, 0.25) is 0 Å². The van der Waals surface area contributed by atoms with E-state index in [4.69, 9.17) is 0 Å². The van der Waals surface area contributed by atoms with Crippen LogP contribution >= 0.6 is 0 Å². The molecule has 0 saturated heterocycles. The van der Waals surface area contributed by atoms with E-state index in [2.05, 4.69) is 0 Å². The highest BCUT2D eigenvalue weighted by Gasteiger charge is 2.00. The molecule has 0 amide bonds. The largest absolute Gasteiger partial charge is 0.227 e. The maximum Gasteiger partial charge on any atom is 0.168 e. The van der Waals surface area contributed by atoms with Crippen molar-refractivity contribution in [2.45, 2.75) is 4.90 Å². The molecule has 0 bridgehead atoms. The van der Waals surface area contributed by atoms with E-state index < -0.39 is 22.3 Å². The normalized spacial score (nSPS) is 10.5. The molecule has 0 spiro atoms. The van der Waals surface area contributed by atoms with Crippen LogP contribution in [0.3, 0.4) is 0 Å². The van der Waals surface area contributed by atoms with Crippen LogP contribution in [0.4, 0.5) is 8.78 Å². The predicted octanol–water partition coefficient (Wildman–Crippen LogP) is 0.935. The van der Waals surface area contributed by atoms with Crippen molar-refractivity contribution in [2.75, 3.05) is 0 Å². The Morgan fingerprint density at radius 1 is 1.00 bits per heavy atom. The Morgan fingerprint density at radius 3 is 1.82 bits per heavy atom. The van der Waals surface area contributed by atoms with E-state index in [-0.39, 0.29) is 4.90 Å². The molecule has 0 N–H and O–H groups in total. The predicted molar refractivity (Wildman–Crippen MR) is 34.9 cm³/mol. The first-order chi connectivity index (χ1) is 5.09. The van der Waals surface area contributed by atoms with Gasteiger partial charge >= 0.3 is 0 Å². The van der Waals surface area contributed by atoms with Gasteiger partial charge in [0.25, 0.3) is 0 Å². The summed E-state index contributed by atoms with van der Waals surface area (Å²) in [6.45, 7) is 0. The average molecular weight is 178 g/mol. The van der Waals surface area contributed by atoms with E-state index in [1.165, 1.54) is 0 Å². The molecular formula is C6H4F2O2S. The molecule has 2 nitrogen and oxygen atoms in total. The average Bonchev–Trinajstić information content (AvgIpc) is 1.85. The van der Waals surface area contributed by atoms with Gasteiger partial charge in [0.05, 0.1) is 4.90 Å². The van der Waals surface area contributed by atoms with Crippen LogP contribution in [-0.2, 0) is 10.7 Å². The van der Waals surface area contributed by atoms with Crippen LogP contribution < -0.4 is 0 Å². The van der Waals surface area contributed by atoms with Gasteiger partial charge in [-0.3, -0.25) is 0 Å². The minimum Gasteiger partial charge on any atom is -0.227 e. The topological polar surface area (TPSA) is 34.1 Å². The summed E-state index contributed by atoms with van der Waals surface area (Å²) in [6, 6.07) is 2.13. The molecule has 0 unspecified atom stereocenters. The van der Waals surface area contributed by atoms with Crippen LogP contribution in [0.15, 0.2) is 23.1 Å². The minimum absolute atomic E-state index is 0.350. The maximum absolute atomic E-state index is 12.3. The molecular weight excluding hydrogens is 174 g/mol. The lowest BCUT2D eigenvalue weighted by Crippen LogP contribution is -1.85. The summed E-state index contributed by atoms with van der Waals surface area (Å²) in [5.74, 6) is -1.78. The standard InChI is InChI=1S/C6H4F2O2S/c7-4-1-5(8)3-6(2-4)11(9)10/h1-3,11H. The Hall–Kier alpha value is -0.970. The summed E-state index contributed by atoms with van der Waals surface area (Å²) in [5.41, 5.74) is 0. The number of halogens is 2. The highest BCUT2D eigenvalue weighted by Crippen LogP contribution is 2.08. The molecule has 11 heavy (non-hydrogen) atoms. The van der Waals surface area contributed by atoms with Gasteiger partial charge in [-0.25, -0.2) is 17.2 Å². The summed E-state index contributed by atoms with van der Waals surface area (Å²) in [6.07, 6.45) is 0. The Labute approximate surface area is 63.4 Å². The number of hydrogen-bond donors (Lipinski definition) is 1. The molecule has 0 atom stereocenters. The molecule has 0 aromatic heterocycles. The third-order valence-electron chi connectivity index (χ3n) is 1.06. The number of thiol groups is 1. The van der Waals surface area contributed by atoms with E-state index >= 15 is 0 Å². The van der Waals surface area contributed by atoms with Crippen molar-refractivity contribution in [1.29, 1.82) is 0 Å². The molecule has 0 aliphatic heterocycles. The zero-order chi connectivity index (χ0) is 8.43. The van der Waals surface area contributed by atoms with Crippen molar-refractivity contribution >= 4 is 10.7 Å². The SMILES string of the molecule is O=[SH](=O)c1cc(F)cc(F)c1. The molecule has 60 valence electrons. The van der Waals surface area contributed by atoms with E-state index in [0.717, 1.165) is 12.1 Å². The lowest BCUT2D eigenvalue weighted by atomic mass is 10.3. The van der Waals surface area contributed by atoms with Gasteiger partial charge in [0.2, 0.25) is 0 Å². The summed E-state index contributed by atoms with van der Waals surface area (Å²) in [4.78, 5) is -0.350. The molecule has 0 saturated carbocycles. The molecule has 0 fully saturated rings. The second-order valence-corrected chi connectivity index (χ2v) is 2.92. The zero-order valence-electron chi connectivity index (χ0n) is 5.25. The monoisotopic (exact) mass is 178 g/mol. The Kier molecular flexibility index (Phi) is 2.19. The lowest BCUT2D eigenvalue weighted by molar-refractivity contribution is 0.571. The fourth-order valence-electron chi connectivity index (χ4n) is 0.645. The summed E-state index contributed by atoms with van der Waals surface area (Å²) in [7, 11) is -2.91. The van der Waals surface area contributed by atoms with Crippen LogP contribution in [0.25, 0.3) is 0 Å². The molecule has 1 aromatic carbocycles. The minimum atomic E-state index is -2.91. The smallest absolute Gasteiger partial charge is 0.168 e. The number of benzene rings is 1. The number of rotatable bonds is 1. The third kappa shape index (κ3) is 1.98. The molecule has 0 aliphatic carbocycles. The van der Waals surface area contributed by atoms with Gasteiger partial charge < -0.3 is 0 Å². The van der Waals surface area contributed by atoms with Gasteiger partial charge in [-0.1, -0.05) is 0 Å². The molecule has 1 rings (SSSR count). The fourth-order valence-corrected chi connectivity index (χ4v) is 1.10. The van der Waals surface area contributed by atoms with E-state index in [9.17, 15) is 17.2 Å². The summed E-state index contributed by atoms with van der Waals surface area (Å²) >= 11 is 0.